The monoisotopic (exact) mass is 266 g/mol. The maximum absolute atomic E-state index is 11.8. The van der Waals surface area contributed by atoms with E-state index in [1.54, 1.807) is 42.7 Å². The van der Waals surface area contributed by atoms with Gasteiger partial charge in [0.2, 0.25) is 0 Å². The molecule has 0 fully saturated rings. The first kappa shape index (κ1) is 11.9. The lowest BCUT2D eigenvalue weighted by atomic mass is 10.2. The Bertz CT molecular complexity index is 543. The van der Waals surface area contributed by atoms with E-state index in [1.165, 1.54) is 0 Å². The number of aromatic nitrogens is 1. The number of hydrogen-bond acceptors (Lipinski definition) is 2. The van der Waals surface area contributed by atoms with Crippen LogP contribution in [0.3, 0.4) is 0 Å². The molecule has 0 saturated heterocycles. The van der Waals surface area contributed by atoms with E-state index in [9.17, 15) is 4.79 Å². The number of halogens is 2. The molecule has 0 atom stereocenters. The molecule has 1 aromatic heterocycles. The third-order valence-corrected chi connectivity index (χ3v) is 2.67. The average Bonchev–Trinajstić information content (AvgIpc) is 2.34. The molecule has 86 valence electrons. The Morgan fingerprint density at radius 3 is 2.47 bits per heavy atom. The van der Waals surface area contributed by atoms with Crippen molar-refractivity contribution in [2.24, 2.45) is 0 Å². The number of pyridine rings is 1. The SMILES string of the molecule is O=C(Nc1ccc(Cl)cc1Cl)c1ccncc1. The fourth-order valence-corrected chi connectivity index (χ4v) is 1.74. The van der Waals surface area contributed by atoms with Crippen LogP contribution in [-0.4, -0.2) is 10.9 Å². The highest BCUT2D eigenvalue weighted by atomic mass is 35.5. The molecule has 0 unspecified atom stereocenters. The minimum absolute atomic E-state index is 0.239. The number of nitrogens with zero attached hydrogens (tertiary/aromatic N) is 1. The van der Waals surface area contributed by atoms with E-state index in [2.05, 4.69) is 10.3 Å². The van der Waals surface area contributed by atoms with Gasteiger partial charge in [0.05, 0.1) is 10.7 Å². The number of anilines is 1. The number of rotatable bonds is 2. The summed E-state index contributed by atoms with van der Waals surface area (Å²) in [5.74, 6) is -0.239. The van der Waals surface area contributed by atoms with Crippen LogP contribution in [0, 0.1) is 0 Å². The molecule has 1 heterocycles. The van der Waals surface area contributed by atoms with Gasteiger partial charge in [-0.05, 0) is 30.3 Å². The number of carbonyl (C=O) groups excluding carboxylic acids is 1. The standard InChI is InChI=1S/C12H8Cl2N2O/c13-9-1-2-11(10(14)7-9)16-12(17)8-3-5-15-6-4-8/h1-7H,(H,16,17). The smallest absolute Gasteiger partial charge is 0.255 e. The highest BCUT2D eigenvalue weighted by Crippen LogP contribution is 2.25. The molecule has 0 radical (unpaired) electrons. The fraction of sp³-hybridized carbons (Fsp3) is 0. The van der Waals surface area contributed by atoms with Crippen LogP contribution in [0.4, 0.5) is 5.69 Å². The van der Waals surface area contributed by atoms with Gasteiger partial charge in [0.15, 0.2) is 0 Å². The van der Waals surface area contributed by atoms with E-state index in [0.29, 0.717) is 21.3 Å². The molecule has 0 bridgehead atoms. The maximum atomic E-state index is 11.8. The molecule has 5 heteroatoms. The molecule has 2 aromatic rings. The largest absolute Gasteiger partial charge is 0.321 e. The summed E-state index contributed by atoms with van der Waals surface area (Å²) in [4.78, 5) is 15.7. The summed E-state index contributed by atoms with van der Waals surface area (Å²) in [6.45, 7) is 0. The second kappa shape index (κ2) is 5.17. The third kappa shape index (κ3) is 2.96. The van der Waals surface area contributed by atoms with E-state index in [4.69, 9.17) is 23.2 Å². The predicted octanol–water partition coefficient (Wildman–Crippen LogP) is 3.64. The molecule has 0 saturated carbocycles. The van der Waals surface area contributed by atoms with Gasteiger partial charge in [-0.25, -0.2) is 0 Å². The second-order valence-electron chi connectivity index (χ2n) is 3.31. The Morgan fingerprint density at radius 1 is 1.12 bits per heavy atom. The van der Waals surface area contributed by atoms with Crippen LogP contribution in [-0.2, 0) is 0 Å². The van der Waals surface area contributed by atoms with E-state index in [-0.39, 0.29) is 5.91 Å². The Kier molecular flexibility index (Phi) is 3.61. The predicted molar refractivity (Wildman–Crippen MR) is 68.7 cm³/mol. The van der Waals surface area contributed by atoms with E-state index < -0.39 is 0 Å². The van der Waals surface area contributed by atoms with Gasteiger partial charge in [0.1, 0.15) is 0 Å². The zero-order chi connectivity index (χ0) is 12.3. The van der Waals surface area contributed by atoms with E-state index in [1.807, 2.05) is 0 Å². The second-order valence-corrected chi connectivity index (χ2v) is 4.16. The molecule has 1 N–H and O–H groups in total. The van der Waals surface area contributed by atoms with Crippen LogP contribution >= 0.6 is 23.2 Å². The minimum Gasteiger partial charge on any atom is -0.321 e. The van der Waals surface area contributed by atoms with Gasteiger partial charge in [-0.2, -0.15) is 0 Å². The topological polar surface area (TPSA) is 42.0 Å². The van der Waals surface area contributed by atoms with E-state index in [0.717, 1.165) is 0 Å². The van der Waals surface area contributed by atoms with Crippen molar-refractivity contribution in [3.05, 3.63) is 58.3 Å². The first-order chi connectivity index (χ1) is 8.16. The lowest BCUT2D eigenvalue weighted by Gasteiger charge is -2.07. The quantitative estimate of drug-likeness (QED) is 0.902. The highest BCUT2D eigenvalue weighted by Gasteiger charge is 2.08. The summed E-state index contributed by atoms with van der Waals surface area (Å²) in [7, 11) is 0. The van der Waals surface area contributed by atoms with Gasteiger partial charge in [-0.15, -0.1) is 0 Å². The molecule has 0 aliphatic heterocycles. The molecule has 17 heavy (non-hydrogen) atoms. The normalized spacial score (nSPS) is 10.0. The lowest BCUT2D eigenvalue weighted by molar-refractivity contribution is 0.102. The minimum atomic E-state index is -0.239. The van der Waals surface area contributed by atoms with Crippen molar-refractivity contribution in [2.75, 3.05) is 5.32 Å². The Morgan fingerprint density at radius 2 is 1.82 bits per heavy atom. The molecule has 1 aromatic carbocycles. The van der Waals surface area contributed by atoms with Crippen LogP contribution in [0.1, 0.15) is 10.4 Å². The number of nitrogens with one attached hydrogen (secondary N) is 1. The first-order valence-electron chi connectivity index (χ1n) is 4.83. The Balaban J connectivity index is 2.19. The molecule has 0 aliphatic rings. The van der Waals surface area contributed by atoms with Crippen molar-refractivity contribution in [1.82, 2.24) is 4.98 Å². The fourth-order valence-electron chi connectivity index (χ4n) is 1.29. The zero-order valence-corrected chi connectivity index (χ0v) is 10.2. The van der Waals surface area contributed by atoms with Gasteiger partial charge in [-0.1, -0.05) is 23.2 Å². The van der Waals surface area contributed by atoms with Crippen molar-refractivity contribution in [1.29, 1.82) is 0 Å². The van der Waals surface area contributed by atoms with Gasteiger partial charge in [0, 0.05) is 23.0 Å². The summed E-state index contributed by atoms with van der Waals surface area (Å²) in [6.07, 6.45) is 3.11. The van der Waals surface area contributed by atoms with Crippen LogP contribution in [0.15, 0.2) is 42.7 Å². The summed E-state index contributed by atoms with van der Waals surface area (Å²) >= 11 is 11.7. The number of benzene rings is 1. The van der Waals surface area contributed by atoms with Crippen molar-refractivity contribution in [2.45, 2.75) is 0 Å². The van der Waals surface area contributed by atoms with Gasteiger partial charge in [0.25, 0.3) is 5.91 Å². The molecular formula is C12H8Cl2N2O. The molecular weight excluding hydrogens is 259 g/mol. The summed E-state index contributed by atoms with van der Waals surface area (Å²) < 4.78 is 0. The maximum Gasteiger partial charge on any atom is 0.255 e. The number of amides is 1. The number of hydrogen-bond donors (Lipinski definition) is 1. The van der Waals surface area contributed by atoms with Crippen LogP contribution < -0.4 is 5.32 Å². The van der Waals surface area contributed by atoms with Crippen LogP contribution in [0.2, 0.25) is 10.0 Å². The van der Waals surface area contributed by atoms with Crippen molar-refractivity contribution in [3.63, 3.8) is 0 Å². The van der Waals surface area contributed by atoms with Crippen molar-refractivity contribution < 1.29 is 4.79 Å². The molecule has 1 amide bonds. The Hall–Kier alpha value is -1.58. The molecule has 3 nitrogen and oxygen atoms in total. The van der Waals surface area contributed by atoms with Gasteiger partial charge < -0.3 is 5.32 Å². The number of carbonyl (C=O) groups is 1. The van der Waals surface area contributed by atoms with Gasteiger partial charge >= 0.3 is 0 Å². The van der Waals surface area contributed by atoms with E-state index >= 15 is 0 Å². The summed E-state index contributed by atoms with van der Waals surface area (Å²) in [5, 5.41) is 3.62. The van der Waals surface area contributed by atoms with Gasteiger partial charge in [-0.3, -0.25) is 9.78 Å². The zero-order valence-electron chi connectivity index (χ0n) is 8.65. The highest BCUT2D eigenvalue weighted by molar-refractivity contribution is 6.36. The first-order valence-corrected chi connectivity index (χ1v) is 5.59. The Labute approximate surface area is 108 Å². The third-order valence-electron chi connectivity index (χ3n) is 2.12. The summed E-state index contributed by atoms with van der Waals surface area (Å²) in [6, 6.07) is 8.14. The van der Waals surface area contributed by atoms with Crippen molar-refractivity contribution in [3.8, 4) is 0 Å². The van der Waals surface area contributed by atoms with Crippen LogP contribution in [0.5, 0.6) is 0 Å². The lowest BCUT2D eigenvalue weighted by Crippen LogP contribution is -2.12. The average molecular weight is 267 g/mol. The molecule has 0 aliphatic carbocycles. The van der Waals surface area contributed by atoms with Crippen molar-refractivity contribution >= 4 is 34.8 Å². The molecule has 2 rings (SSSR count). The molecule has 0 spiro atoms. The summed E-state index contributed by atoms with van der Waals surface area (Å²) in [5.41, 5.74) is 1.05. The van der Waals surface area contributed by atoms with Crippen LogP contribution in [0.25, 0.3) is 0 Å².